The molecule has 0 radical (unpaired) electrons. The van der Waals surface area contributed by atoms with Crippen molar-refractivity contribution in [2.75, 3.05) is 7.11 Å². The number of ketones is 1. The predicted octanol–water partition coefficient (Wildman–Crippen LogP) is 3.34. The summed E-state index contributed by atoms with van der Waals surface area (Å²) in [5, 5.41) is 9.29. The lowest BCUT2D eigenvalue weighted by Gasteiger charge is -2.12. The Hall–Kier alpha value is -2.19. The molecule has 1 heterocycles. The van der Waals surface area contributed by atoms with Crippen LogP contribution >= 0.6 is 15.9 Å². The third-order valence-corrected chi connectivity index (χ3v) is 3.35. The topological polar surface area (TPSA) is 63.0 Å². The molecule has 0 saturated carbocycles. The van der Waals surface area contributed by atoms with Crippen molar-refractivity contribution in [1.82, 2.24) is 4.98 Å². The van der Waals surface area contributed by atoms with E-state index in [0.717, 1.165) is 4.47 Å². The minimum absolute atomic E-state index is 0.289. The number of aromatic nitrogens is 1. The first-order valence-corrected chi connectivity index (χ1v) is 6.64. The normalized spacial score (nSPS) is 11.4. The number of methoxy groups -OCH3 is 1. The molecular formula is C15H11BrN2O2. The Kier molecular flexibility index (Phi) is 4.49. The standard InChI is InChI=1S/C15H11BrN2O2/c1-20-14-8-11(16)2-3-12(14)15(19)13(9-17)10-4-6-18-7-5-10/h2-8,13H,1H3. The number of halogens is 1. The van der Waals surface area contributed by atoms with Crippen LogP contribution in [0.2, 0.25) is 0 Å². The van der Waals surface area contributed by atoms with Crippen LogP contribution in [0, 0.1) is 11.3 Å². The lowest BCUT2D eigenvalue weighted by atomic mass is 9.92. The number of pyridine rings is 1. The van der Waals surface area contributed by atoms with Crippen molar-refractivity contribution in [3.05, 3.63) is 58.3 Å². The quantitative estimate of drug-likeness (QED) is 0.806. The second-order valence-electron chi connectivity index (χ2n) is 4.05. The minimum atomic E-state index is -0.868. The van der Waals surface area contributed by atoms with E-state index < -0.39 is 5.92 Å². The van der Waals surface area contributed by atoms with Gasteiger partial charge in [0.1, 0.15) is 11.7 Å². The molecule has 0 bridgehead atoms. The van der Waals surface area contributed by atoms with E-state index in [1.807, 2.05) is 6.07 Å². The van der Waals surface area contributed by atoms with E-state index in [1.165, 1.54) is 7.11 Å². The fourth-order valence-electron chi connectivity index (χ4n) is 1.86. The maximum atomic E-state index is 12.5. The van der Waals surface area contributed by atoms with E-state index in [0.29, 0.717) is 16.9 Å². The van der Waals surface area contributed by atoms with Gasteiger partial charge in [-0.25, -0.2) is 0 Å². The van der Waals surface area contributed by atoms with Crippen LogP contribution in [-0.2, 0) is 0 Å². The molecule has 5 heteroatoms. The molecule has 1 aromatic carbocycles. The molecule has 0 spiro atoms. The summed E-state index contributed by atoms with van der Waals surface area (Å²) < 4.78 is 6.01. The number of rotatable bonds is 4. The van der Waals surface area contributed by atoms with Crippen molar-refractivity contribution >= 4 is 21.7 Å². The second kappa shape index (κ2) is 6.31. The minimum Gasteiger partial charge on any atom is -0.496 e. The molecule has 2 aromatic rings. The Morgan fingerprint density at radius 3 is 2.65 bits per heavy atom. The SMILES string of the molecule is COc1cc(Br)ccc1C(=O)C(C#N)c1ccncc1. The van der Waals surface area contributed by atoms with Gasteiger partial charge < -0.3 is 4.74 Å². The zero-order valence-electron chi connectivity index (χ0n) is 10.7. The molecule has 20 heavy (non-hydrogen) atoms. The first kappa shape index (κ1) is 14.2. The van der Waals surface area contributed by atoms with Gasteiger partial charge in [-0.15, -0.1) is 0 Å². The van der Waals surface area contributed by atoms with Gasteiger partial charge in [-0.1, -0.05) is 15.9 Å². The molecule has 100 valence electrons. The smallest absolute Gasteiger partial charge is 0.188 e. The largest absolute Gasteiger partial charge is 0.496 e. The summed E-state index contributed by atoms with van der Waals surface area (Å²) in [6, 6.07) is 10.5. The number of Topliss-reactive ketones (excluding diaryl/α,β-unsaturated/α-hetero) is 1. The Morgan fingerprint density at radius 1 is 1.35 bits per heavy atom. The maximum Gasteiger partial charge on any atom is 0.188 e. The maximum absolute atomic E-state index is 12.5. The van der Waals surface area contributed by atoms with E-state index in [1.54, 1.807) is 42.7 Å². The van der Waals surface area contributed by atoms with Gasteiger partial charge in [0.15, 0.2) is 5.78 Å². The Balaban J connectivity index is 2.42. The number of hydrogen-bond donors (Lipinski definition) is 0. The van der Waals surface area contributed by atoms with Gasteiger partial charge in [-0.3, -0.25) is 9.78 Å². The fraction of sp³-hybridized carbons (Fsp3) is 0.133. The van der Waals surface area contributed by atoms with Crippen LogP contribution in [0.25, 0.3) is 0 Å². The van der Waals surface area contributed by atoms with E-state index in [2.05, 4.69) is 20.9 Å². The monoisotopic (exact) mass is 330 g/mol. The Labute approximate surface area is 125 Å². The van der Waals surface area contributed by atoms with Crippen molar-refractivity contribution in [3.8, 4) is 11.8 Å². The van der Waals surface area contributed by atoms with Crippen LogP contribution in [0.3, 0.4) is 0 Å². The molecule has 0 aliphatic carbocycles. The van der Waals surface area contributed by atoms with Crippen LogP contribution in [0.1, 0.15) is 21.8 Å². The van der Waals surface area contributed by atoms with Crippen LogP contribution < -0.4 is 4.74 Å². The van der Waals surface area contributed by atoms with Gasteiger partial charge in [-0.2, -0.15) is 5.26 Å². The van der Waals surface area contributed by atoms with Crippen molar-refractivity contribution in [2.24, 2.45) is 0 Å². The van der Waals surface area contributed by atoms with Crippen molar-refractivity contribution in [2.45, 2.75) is 5.92 Å². The molecule has 1 atom stereocenters. The van der Waals surface area contributed by atoms with Gasteiger partial charge >= 0.3 is 0 Å². The first-order chi connectivity index (χ1) is 9.67. The zero-order valence-corrected chi connectivity index (χ0v) is 12.3. The van der Waals surface area contributed by atoms with E-state index >= 15 is 0 Å². The van der Waals surface area contributed by atoms with E-state index in [9.17, 15) is 10.1 Å². The van der Waals surface area contributed by atoms with Gasteiger partial charge in [-0.05, 0) is 35.9 Å². The molecule has 1 aromatic heterocycles. The number of carbonyl (C=O) groups excluding carboxylic acids is 1. The van der Waals surface area contributed by atoms with Gasteiger partial charge in [0.05, 0.1) is 18.7 Å². The Bertz CT molecular complexity index is 665. The van der Waals surface area contributed by atoms with Crippen molar-refractivity contribution in [3.63, 3.8) is 0 Å². The molecule has 2 rings (SSSR count). The third-order valence-electron chi connectivity index (χ3n) is 2.86. The molecule has 1 unspecified atom stereocenters. The molecule has 0 fully saturated rings. The Morgan fingerprint density at radius 2 is 2.05 bits per heavy atom. The molecule has 0 N–H and O–H groups in total. The molecule has 4 nitrogen and oxygen atoms in total. The highest BCUT2D eigenvalue weighted by Gasteiger charge is 2.24. The fourth-order valence-corrected chi connectivity index (χ4v) is 2.20. The van der Waals surface area contributed by atoms with E-state index in [4.69, 9.17) is 4.74 Å². The molecular weight excluding hydrogens is 320 g/mol. The first-order valence-electron chi connectivity index (χ1n) is 5.84. The summed E-state index contributed by atoms with van der Waals surface area (Å²) in [6.07, 6.45) is 3.12. The van der Waals surface area contributed by atoms with Gasteiger partial charge in [0, 0.05) is 16.9 Å². The highest BCUT2D eigenvalue weighted by molar-refractivity contribution is 9.10. The molecule has 0 aliphatic heterocycles. The summed E-state index contributed by atoms with van der Waals surface area (Å²) in [5.41, 5.74) is 1.01. The summed E-state index contributed by atoms with van der Waals surface area (Å²) in [5.74, 6) is -0.713. The second-order valence-corrected chi connectivity index (χ2v) is 4.97. The molecule has 0 aliphatic rings. The lowest BCUT2D eigenvalue weighted by Crippen LogP contribution is -2.12. The van der Waals surface area contributed by atoms with Gasteiger partial charge in [0.2, 0.25) is 0 Å². The van der Waals surface area contributed by atoms with Crippen LogP contribution in [0.5, 0.6) is 5.75 Å². The number of carbonyl (C=O) groups is 1. The van der Waals surface area contributed by atoms with E-state index in [-0.39, 0.29) is 5.78 Å². The van der Waals surface area contributed by atoms with Crippen molar-refractivity contribution in [1.29, 1.82) is 5.26 Å². The summed E-state index contributed by atoms with van der Waals surface area (Å²) in [7, 11) is 1.49. The third kappa shape index (κ3) is 2.86. The zero-order chi connectivity index (χ0) is 14.5. The van der Waals surface area contributed by atoms with Gasteiger partial charge in [0.25, 0.3) is 0 Å². The summed E-state index contributed by atoms with van der Waals surface area (Å²) >= 11 is 3.32. The summed E-state index contributed by atoms with van der Waals surface area (Å²) in [6.45, 7) is 0. The average Bonchev–Trinajstić information content (AvgIpc) is 2.48. The average molecular weight is 331 g/mol. The molecule has 0 amide bonds. The van der Waals surface area contributed by atoms with Crippen LogP contribution in [0.4, 0.5) is 0 Å². The van der Waals surface area contributed by atoms with Crippen LogP contribution in [-0.4, -0.2) is 17.9 Å². The number of nitrogens with zero attached hydrogens (tertiary/aromatic N) is 2. The highest BCUT2D eigenvalue weighted by Crippen LogP contribution is 2.28. The number of hydrogen-bond acceptors (Lipinski definition) is 4. The number of nitriles is 1. The number of benzene rings is 1. The summed E-state index contributed by atoms with van der Waals surface area (Å²) in [4.78, 5) is 16.4. The predicted molar refractivity (Wildman–Crippen MR) is 77.6 cm³/mol. The molecule has 0 saturated heterocycles. The van der Waals surface area contributed by atoms with Crippen LogP contribution in [0.15, 0.2) is 47.2 Å². The van der Waals surface area contributed by atoms with Crippen molar-refractivity contribution < 1.29 is 9.53 Å². The highest BCUT2D eigenvalue weighted by atomic mass is 79.9. The lowest BCUT2D eigenvalue weighted by molar-refractivity contribution is 0.0976. The number of ether oxygens (including phenoxy) is 1.